The van der Waals surface area contributed by atoms with E-state index in [-0.39, 0.29) is 18.3 Å². The second-order valence-electron chi connectivity index (χ2n) is 4.40. The molecule has 0 aliphatic rings. The van der Waals surface area contributed by atoms with Crippen molar-refractivity contribution >= 4 is 30.1 Å². The molecule has 0 spiro atoms. The first-order valence-electron chi connectivity index (χ1n) is 6.33. The van der Waals surface area contributed by atoms with Gasteiger partial charge in [-0.25, -0.2) is 0 Å². The molecule has 1 amide bonds. The maximum absolute atomic E-state index is 11.8. The number of rotatable bonds is 7. The van der Waals surface area contributed by atoms with Crippen LogP contribution >= 0.6 is 24.2 Å². The topological polar surface area (TPSA) is 41.1 Å². The number of amides is 1. The maximum Gasteiger partial charge on any atom is 0.251 e. The summed E-state index contributed by atoms with van der Waals surface area (Å²) in [6.45, 7) is 5.95. The zero-order valence-corrected chi connectivity index (χ0v) is 13.4. The van der Waals surface area contributed by atoms with Gasteiger partial charge in [-0.3, -0.25) is 4.79 Å². The number of halogens is 1. The zero-order chi connectivity index (χ0) is 13.4. The van der Waals surface area contributed by atoms with Gasteiger partial charge >= 0.3 is 0 Å². The lowest BCUT2D eigenvalue weighted by Crippen LogP contribution is -2.26. The third-order valence-electron chi connectivity index (χ3n) is 2.38. The lowest BCUT2D eigenvalue weighted by Gasteiger charge is -2.07. The monoisotopic (exact) mass is 302 g/mol. The highest BCUT2D eigenvalue weighted by Crippen LogP contribution is 2.22. The van der Waals surface area contributed by atoms with Crippen molar-refractivity contribution in [3.05, 3.63) is 29.8 Å². The maximum atomic E-state index is 11.8. The fourth-order valence-electron chi connectivity index (χ4n) is 1.53. The van der Waals surface area contributed by atoms with Gasteiger partial charge in [0.15, 0.2) is 0 Å². The molecule has 3 nitrogen and oxygen atoms in total. The lowest BCUT2D eigenvalue weighted by atomic mass is 10.2. The van der Waals surface area contributed by atoms with Crippen molar-refractivity contribution in [2.75, 3.05) is 20.1 Å². The minimum atomic E-state index is 0. The Morgan fingerprint density at radius 1 is 1.21 bits per heavy atom. The Bertz CT molecular complexity index is 368. The highest BCUT2D eigenvalue weighted by molar-refractivity contribution is 7.99. The fourth-order valence-corrected chi connectivity index (χ4v) is 2.36. The fraction of sp³-hybridized carbons (Fsp3) is 0.500. The summed E-state index contributed by atoms with van der Waals surface area (Å²) < 4.78 is 0. The molecule has 0 atom stereocenters. The van der Waals surface area contributed by atoms with Crippen LogP contribution in [-0.4, -0.2) is 31.3 Å². The Hall–Kier alpha value is -0.710. The molecule has 0 aliphatic carbocycles. The van der Waals surface area contributed by atoms with Crippen LogP contribution in [0.25, 0.3) is 0 Å². The molecule has 5 heteroatoms. The molecule has 2 N–H and O–H groups in total. The summed E-state index contributed by atoms with van der Waals surface area (Å²) >= 11 is 1.80. The number of benzene rings is 1. The Balaban J connectivity index is 0.00000324. The van der Waals surface area contributed by atoms with Gasteiger partial charge in [0, 0.05) is 22.3 Å². The molecular weight excluding hydrogens is 280 g/mol. The van der Waals surface area contributed by atoms with E-state index in [9.17, 15) is 4.79 Å². The molecule has 0 aliphatic heterocycles. The Morgan fingerprint density at radius 3 is 2.37 bits per heavy atom. The number of hydrogen-bond acceptors (Lipinski definition) is 3. The van der Waals surface area contributed by atoms with Crippen LogP contribution in [0.5, 0.6) is 0 Å². The second-order valence-corrected chi connectivity index (χ2v) is 6.05. The van der Waals surface area contributed by atoms with E-state index in [4.69, 9.17) is 0 Å². The Labute approximate surface area is 126 Å². The molecule has 108 valence electrons. The van der Waals surface area contributed by atoms with Crippen LogP contribution in [-0.2, 0) is 0 Å². The average molecular weight is 303 g/mol. The van der Waals surface area contributed by atoms with Crippen molar-refractivity contribution in [2.24, 2.45) is 0 Å². The van der Waals surface area contributed by atoms with Gasteiger partial charge in [0.25, 0.3) is 5.91 Å². The molecule has 19 heavy (non-hydrogen) atoms. The lowest BCUT2D eigenvalue weighted by molar-refractivity contribution is 0.0953. The highest BCUT2D eigenvalue weighted by Gasteiger charge is 2.05. The van der Waals surface area contributed by atoms with Crippen LogP contribution in [0.2, 0.25) is 0 Å². The van der Waals surface area contributed by atoms with Gasteiger partial charge in [-0.1, -0.05) is 13.8 Å². The van der Waals surface area contributed by atoms with Gasteiger partial charge < -0.3 is 10.6 Å². The first-order chi connectivity index (χ1) is 8.63. The Kier molecular flexibility index (Phi) is 9.74. The van der Waals surface area contributed by atoms with E-state index in [2.05, 4.69) is 24.5 Å². The summed E-state index contributed by atoms with van der Waals surface area (Å²) in [5, 5.41) is 6.52. The Morgan fingerprint density at radius 2 is 1.84 bits per heavy atom. The highest BCUT2D eigenvalue weighted by atomic mass is 35.5. The van der Waals surface area contributed by atoms with Crippen LogP contribution in [0.1, 0.15) is 30.6 Å². The second kappa shape index (κ2) is 10.1. The first kappa shape index (κ1) is 18.3. The average Bonchev–Trinajstić information content (AvgIpc) is 2.34. The van der Waals surface area contributed by atoms with Crippen molar-refractivity contribution in [1.29, 1.82) is 0 Å². The molecule has 0 heterocycles. The summed E-state index contributed by atoms with van der Waals surface area (Å²) in [6.07, 6.45) is 0.948. The molecule has 0 bridgehead atoms. The molecule has 0 aromatic heterocycles. The van der Waals surface area contributed by atoms with E-state index in [1.807, 2.05) is 31.3 Å². The van der Waals surface area contributed by atoms with Gasteiger partial charge in [0.2, 0.25) is 0 Å². The molecule has 0 saturated carbocycles. The van der Waals surface area contributed by atoms with Crippen LogP contribution in [0.4, 0.5) is 0 Å². The number of hydrogen-bond donors (Lipinski definition) is 2. The predicted octanol–water partition coefficient (Wildman–Crippen LogP) is 2.95. The van der Waals surface area contributed by atoms with Crippen molar-refractivity contribution in [1.82, 2.24) is 10.6 Å². The van der Waals surface area contributed by atoms with Crippen molar-refractivity contribution in [2.45, 2.75) is 30.4 Å². The summed E-state index contributed by atoms with van der Waals surface area (Å²) in [7, 11) is 1.91. The minimum Gasteiger partial charge on any atom is -0.352 e. The largest absolute Gasteiger partial charge is 0.352 e. The molecule has 0 unspecified atom stereocenters. The molecule has 1 aromatic carbocycles. The molecule has 0 radical (unpaired) electrons. The van der Waals surface area contributed by atoms with Gasteiger partial charge in [-0.15, -0.1) is 24.2 Å². The summed E-state index contributed by atoms with van der Waals surface area (Å²) in [6, 6.07) is 7.79. The predicted molar refractivity (Wildman–Crippen MR) is 85.6 cm³/mol. The van der Waals surface area contributed by atoms with Crippen LogP contribution in [0.15, 0.2) is 29.2 Å². The quantitative estimate of drug-likeness (QED) is 0.601. The van der Waals surface area contributed by atoms with Gasteiger partial charge in [0.1, 0.15) is 0 Å². The standard InChI is InChI=1S/C14H22N2OS.ClH/c1-11(2)18-13-7-5-12(6-8-13)14(17)16-10-4-9-15-3;/h5-8,11,15H,4,9-10H2,1-3H3,(H,16,17);1H. The number of carbonyl (C=O) groups is 1. The summed E-state index contributed by atoms with van der Waals surface area (Å²) in [5.74, 6) is 0.00667. The zero-order valence-electron chi connectivity index (χ0n) is 11.7. The third-order valence-corrected chi connectivity index (χ3v) is 3.39. The first-order valence-corrected chi connectivity index (χ1v) is 7.21. The van der Waals surface area contributed by atoms with Crippen LogP contribution < -0.4 is 10.6 Å². The molecule has 0 saturated heterocycles. The van der Waals surface area contributed by atoms with Gasteiger partial charge in [0.05, 0.1) is 0 Å². The van der Waals surface area contributed by atoms with E-state index in [0.717, 1.165) is 18.5 Å². The van der Waals surface area contributed by atoms with Gasteiger partial charge in [-0.2, -0.15) is 0 Å². The van der Waals surface area contributed by atoms with E-state index in [0.29, 0.717) is 11.8 Å². The number of nitrogens with one attached hydrogen (secondary N) is 2. The van der Waals surface area contributed by atoms with E-state index >= 15 is 0 Å². The molecule has 0 fully saturated rings. The van der Waals surface area contributed by atoms with E-state index < -0.39 is 0 Å². The third kappa shape index (κ3) is 7.45. The number of thioether (sulfide) groups is 1. The molecule has 1 rings (SSSR count). The normalized spacial score (nSPS) is 10.1. The summed E-state index contributed by atoms with van der Waals surface area (Å²) in [4.78, 5) is 13.0. The minimum absolute atomic E-state index is 0. The van der Waals surface area contributed by atoms with Crippen molar-refractivity contribution in [3.8, 4) is 0 Å². The number of carbonyl (C=O) groups excluding carboxylic acids is 1. The molecular formula is C14H23ClN2OS. The SMILES string of the molecule is CNCCCNC(=O)c1ccc(SC(C)C)cc1.Cl. The van der Waals surface area contributed by atoms with Crippen LogP contribution in [0, 0.1) is 0 Å². The molecule has 1 aromatic rings. The van der Waals surface area contributed by atoms with Crippen LogP contribution in [0.3, 0.4) is 0 Å². The smallest absolute Gasteiger partial charge is 0.251 e. The van der Waals surface area contributed by atoms with E-state index in [1.54, 1.807) is 11.8 Å². The summed E-state index contributed by atoms with van der Waals surface area (Å²) in [5.41, 5.74) is 0.729. The van der Waals surface area contributed by atoms with Gasteiger partial charge in [-0.05, 0) is 44.3 Å². The van der Waals surface area contributed by atoms with Crippen molar-refractivity contribution < 1.29 is 4.79 Å². The van der Waals surface area contributed by atoms with E-state index in [1.165, 1.54) is 4.90 Å². The van der Waals surface area contributed by atoms with Crippen molar-refractivity contribution in [3.63, 3.8) is 0 Å².